The number of nitrogens with zero attached hydrogens (tertiary/aromatic N) is 1. The highest BCUT2D eigenvalue weighted by atomic mass is 32.1. The largest absolute Gasteiger partial charge is 0.491 e. The van der Waals surface area contributed by atoms with E-state index in [2.05, 4.69) is 44.9 Å². The molecule has 1 fully saturated rings. The number of halogens is 1. The molecule has 2 aromatic rings. The second-order valence-electron chi connectivity index (χ2n) is 14.6. The van der Waals surface area contributed by atoms with Crippen LogP contribution in [0.2, 0.25) is 0 Å². The molecular weight excluding hydrogens is 722 g/mol. The Morgan fingerprint density at radius 2 is 1.61 bits per heavy atom. The first-order valence-electron chi connectivity index (χ1n) is 18.2. The van der Waals surface area contributed by atoms with E-state index >= 15 is 0 Å². The second kappa shape index (κ2) is 24.5. The molecule has 1 aromatic heterocycles. The lowest BCUT2D eigenvalue weighted by atomic mass is 9.86. The van der Waals surface area contributed by atoms with E-state index in [-0.39, 0.29) is 25.2 Å². The lowest BCUT2D eigenvalue weighted by molar-refractivity contribution is -0.134. The van der Waals surface area contributed by atoms with Crippen LogP contribution in [0.5, 0.6) is 5.75 Å². The number of aryl methyl sites for hydroxylation is 2. The van der Waals surface area contributed by atoms with E-state index in [1.165, 1.54) is 0 Å². The van der Waals surface area contributed by atoms with Gasteiger partial charge in [-0.3, -0.25) is 14.4 Å². The SMILES string of the molecule is CO.Cc1ncsc1-c1ccc(CCCCCNC(=O)C(NC(=O)C2(F)CC2)C(C)(C)C)c(OCCOCCOCCNC(=O)OC(C)(C)C)c1.NC=O. The summed E-state index contributed by atoms with van der Waals surface area (Å²) in [5.41, 5.74) is 6.21. The molecule has 0 saturated heterocycles. The molecule has 1 atom stereocenters. The van der Waals surface area contributed by atoms with Crippen LogP contribution in [0, 0.1) is 12.3 Å². The Kier molecular flexibility index (Phi) is 21.9. The molecule has 6 N–H and O–H groups in total. The summed E-state index contributed by atoms with van der Waals surface area (Å²) >= 11 is 1.59. The summed E-state index contributed by atoms with van der Waals surface area (Å²) in [5.74, 6) is -0.185. The number of aliphatic hydroxyl groups excluding tert-OH is 1. The van der Waals surface area contributed by atoms with Crippen LogP contribution in [0.25, 0.3) is 10.4 Å². The van der Waals surface area contributed by atoms with Crippen LogP contribution in [0.4, 0.5) is 9.18 Å². The number of alkyl carbamates (subject to hydrolysis) is 1. The van der Waals surface area contributed by atoms with Crippen LogP contribution in [0.15, 0.2) is 23.7 Å². The lowest BCUT2D eigenvalue weighted by Crippen LogP contribution is -2.55. The molecule has 14 nitrogen and oxygen atoms in total. The fourth-order valence-electron chi connectivity index (χ4n) is 4.89. The maximum atomic E-state index is 14.2. The fourth-order valence-corrected chi connectivity index (χ4v) is 5.69. The van der Waals surface area contributed by atoms with Gasteiger partial charge in [0.2, 0.25) is 12.3 Å². The molecule has 1 aliphatic carbocycles. The molecule has 1 aliphatic rings. The fraction of sp³-hybridized carbons (Fsp3) is 0.658. The van der Waals surface area contributed by atoms with Crippen LogP contribution in [0.1, 0.15) is 84.9 Å². The maximum Gasteiger partial charge on any atom is 0.407 e. The number of alkyl halides is 1. The predicted molar refractivity (Wildman–Crippen MR) is 207 cm³/mol. The molecular formula is C38H62FN5O9S. The second-order valence-corrected chi connectivity index (χ2v) is 15.4. The van der Waals surface area contributed by atoms with Crippen molar-refractivity contribution in [3.05, 3.63) is 35.0 Å². The molecule has 0 bridgehead atoms. The predicted octanol–water partition coefficient (Wildman–Crippen LogP) is 4.63. The van der Waals surface area contributed by atoms with Gasteiger partial charge >= 0.3 is 6.09 Å². The average molecular weight is 784 g/mol. The number of hydrogen-bond donors (Lipinski definition) is 5. The van der Waals surface area contributed by atoms with Crippen molar-refractivity contribution in [2.24, 2.45) is 11.1 Å². The minimum Gasteiger partial charge on any atom is -0.491 e. The van der Waals surface area contributed by atoms with Crippen molar-refractivity contribution in [1.82, 2.24) is 20.9 Å². The Bertz CT molecular complexity index is 1420. The third kappa shape index (κ3) is 18.9. The van der Waals surface area contributed by atoms with Crippen LogP contribution in [0.3, 0.4) is 0 Å². The van der Waals surface area contributed by atoms with E-state index in [4.69, 9.17) is 28.8 Å². The number of aliphatic hydroxyl groups is 1. The van der Waals surface area contributed by atoms with Crippen LogP contribution in [-0.2, 0) is 35.0 Å². The van der Waals surface area contributed by atoms with Gasteiger partial charge in [-0.25, -0.2) is 14.2 Å². The van der Waals surface area contributed by atoms with Gasteiger partial charge in [0.15, 0.2) is 5.67 Å². The molecule has 3 rings (SSSR count). The minimum atomic E-state index is -1.82. The number of nitrogens with one attached hydrogen (secondary N) is 3. The first-order valence-corrected chi connectivity index (χ1v) is 19.0. The summed E-state index contributed by atoms with van der Waals surface area (Å²) < 4.78 is 36.8. The van der Waals surface area contributed by atoms with Crippen molar-refractivity contribution in [2.45, 2.75) is 104 Å². The highest BCUT2D eigenvalue weighted by Crippen LogP contribution is 2.40. The van der Waals surface area contributed by atoms with Crippen molar-refractivity contribution in [1.29, 1.82) is 0 Å². The number of thiazole rings is 1. The topological polar surface area (TPSA) is 200 Å². The molecule has 1 aromatic carbocycles. The van der Waals surface area contributed by atoms with Crippen LogP contribution in [-0.4, -0.2) is 105 Å². The van der Waals surface area contributed by atoms with Gasteiger partial charge in [-0.1, -0.05) is 39.3 Å². The number of ether oxygens (including phenoxy) is 4. The number of nitrogens with two attached hydrogens (primary N) is 1. The molecule has 1 heterocycles. The molecule has 0 radical (unpaired) electrons. The van der Waals surface area contributed by atoms with E-state index in [0.717, 1.165) is 60.2 Å². The summed E-state index contributed by atoms with van der Waals surface area (Å²) in [6.07, 6.45) is 3.54. The molecule has 16 heteroatoms. The quantitative estimate of drug-likeness (QED) is 0.0932. The van der Waals surface area contributed by atoms with Crippen molar-refractivity contribution in [3.8, 4) is 16.2 Å². The first kappa shape index (κ1) is 48.2. The zero-order chi connectivity index (χ0) is 40.8. The van der Waals surface area contributed by atoms with Crippen molar-refractivity contribution >= 4 is 35.7 Å². The van der Waals surface area contributed by atoms with Crippen LogP contribution < -0.4 is 26.4 Å². The molecule has 1 unspecified atom stereocenters. The number of aromatic nitrogens is 1. The molecule has 0 aliphatic heterocycles. The number of carbonyl (C=O) groups excluding carboxylic acids is 4. The Balaban J connectivity index is 0.00000277. The number of carbonyl (C=O) groups is 4. The average Bonchev–Trinajstić information content (AvgIpc) is 3.71. The molecule has 306 valence electrons. The highest BCUT2D eigenvalue weighted by Gasteiger charge is 2.52. The number of amides is 4. The molecule has 54 heavy (non-hydrogen) atoms. The zero-order valence-electron chi connectivity index (χ0n) is 33.2. The number of hydrogen-bond acceptors (Lipinski definition) is 11. The van der Waals surface area contributed by atoms with E-state index in [1.807, 2.05) is 54.0 Å². The summed E-state index contributed by atoms with van der Waals surface area (Å²) in [6, 6.07) is 5.44. The third-order valence-corrected chi connectivity index (χ3v) is 8.75. The highest BCUT2D eigenvalue weighted by molar-refractivity contribution is 7.13. The van der Waals surface area contributed by atoms with E-state index in [1.54, 1.807) is 11.3 Å². The Morgan fingerprint density at radius 3 is 2.19 bits per heavy atom. The van der Waals surface area contributed by atoms with Gasteiger partial charge in [0.25, 0.3) is 5.91 Å². The lowest BCUT2D eigenvalue weighted by Gasteiger charge is -2.30. The number of benzene rings is 1. The standard InChI is InChI=1S/C36H55FN4O7S.CH3NO.CH4O/c1-25-29(49-24-40-25)27-13-12-26(28(23-27)47-22-21-46-20-19-45-18-17-39-33(44)48-35(5,6)7)11-9-8-10-16-38-31(42)30(34(2,3)4)41-32(43)36(37)14-15-36;2-1-3;1-2/h12-13,23-24,30H,8-11,14-22H2,1-7H3,(H,38,42)(H,39,44)(H,41,43);1H,(H2,2,3);2H,1H3. The minimum absolute atomic E-state index is 0.208. The van der Waals surface area contributed by atoms with Gasteiger partial charge in [-0.05, 0) is 82.4 Å². The van der Waals surface area contributed by atoms with Gasteiger partial charge in [-0.15, -0.1) is 11.3 Å². The van der Waals surface area contributed by atoms with Gasteiger partial charge in [0, 0.05) is 20.2 Å². The summed E-state index contributed by atoms with van der Waals surface area (Å²) in [4.78, 5) is 50.9. The number of unbranched alkanes of at least 4 members (excludes halogenated alkanes) is 2. The summed E-state index contributed by atoms with van der Waals surface area (Å²) in [6.45, 7) is 15.7. The third-order valence-electron chi connectivity index (χ3n) is 7.77. The summed E-state index contributed by atoms with van der Waals surface area (Å²) in [7, 11) is 1.00. The van der Waals surface area contributed by atoms with E-state index in [9.17, 15) is 18.8 Å². The van der Waals surface area contributed by atoms with Crippen LogP contribution >= 0.6 is 11.3 Å². The smallest absolute Gasteiger partial charge is 0.407 e. The normalized spacial score (nSPS) is 13.5. The first-order chi connectivity index (χ1) is 25.5. The zero-order valence-corrected chi connectivity index (χ0v) is 34.0. The number of rotatable bonds is 20. The van der Waals surface area contributed by atoms with E-state index < -0.39 is 34.7 Å². The van der Waals surface area contributed by atoms with Crippen molar-refractivity contribution in [2.75, 3.05) is 53.2 Å². The maximum absolute atomic E-state index is 14.2. The Labute approximate surface area is 323 Å². The molecule has 1 saturated carbocycles. The Hall–Kier alpha value is -3.86. The monoisotopic (exact) mass is 783 g/mol. The van der Waals surface area contributed by atoms with Crippen molar-refractivity contribution in [3.63, 3.8) is 0 Å². The Morgan fingerprint density at radius 1 is 0.981 bits per heavy atom. The van der Waals surface area contributed by atoms with Gasteiger partial charge < -0.3 is 45.7 Å². The molecule has 4 amide bonds. The van der Waals surface area contributed by atoms with Gasteiger partial charge in [0.1, 0.15) is 24.0 Å². The molecule has 0 spiro atoms. The van der Waals surface area contributed by atoms with Gasteiger partial charge in [0.05, 0.1) is 42.5 Å². The van der Waals surface area contributed by atoms with Gasteiger partial charge in [-0.2, -0.15) is 0 Å². The number of primary amides is 1. The van der Waals surface area contributed by atoms with E-state index in [0.29, 0.717) is 46.1 Å². The van der Waals surface area contributed by atoms with Crippen molar-refractivity contribution < 1.29 is 47.6 Å². The summed E-state index contributed by atoms with van der Waals surface area (Å²) in [5, 5.41) is 15.2.